The molecule has 0 bridgehead atoms. The van der Waals surface area contributed by atoms with E-state index >= 15 is 0 Å². The molecule has 1 aromatic heterocycles. The number of hydrogen-bond donors (Lipinski definition) is 0. The van der Waals surface area contributed by atoms with Crippen molar-refractivity contribution in [1.29, 1.82) is 0 Å². The lowest BCUT2D eigenvalue weighted by molar-refractivity contribution is 0.0829. The molecular weight excluding hydrogens is 164 g/mol. The topological polar surface area (TPSA) is 30.0 Å². The van der Waals surface area contributed by atoms with Crippen LogP contribution in [0.2, 0.25) is 0 Å². The monoisotopic (exact) mass is 171 g/mol. The summed E-state index contributed by atoms with van der Waals surface area (Å²) in [5, 5.41) is 0. The SMILES string of the molecule is Cc1cc(C(=O)F)nc(C)c1F. The smallest absolute Gasteiger partial charge is 0.254 e. The summed E-state index contributed by atoms with van der Waals surface area (Å²) in [7, 11) is 0. The number of carbonyl (C=O) groups excluding carboxylic acids is 1. The lowest BCUT2D eigenvalue weighted by Gasteiger charge is -2.00. The summed E-state index contributed by atoms with van der Waals surface area (Å²) in [5.41, 5.74) is -0.0779. The number of nitrogens with zero attached hydrogens (tertiary/aromatic N) is 1. The number of hydrogen-bond acceptors (Lipinski definition) is 2. The third-order valence-corrected chi connectivity index (χ3v) is 1.51. The Kier molecular flexibility index (Phi) is 2.17. The number of halogens is 2. The first-order chi connectivity index (χ1) is 5.52. The molecule has 0 aromatic carbocycles. The highest BCUT2D eigenvalue weighted by Gasteiger charge is 2.10. The van der Waals surface area contributed by atoms with Crippen LogP contribution in [0.3, 0.4) is 0 Å². The molecule has 0 aliphatic rings. The average Bonchev–Trinajstić information content (AvgIpc) is 1.99. The maximum atomic E-state index is 12.9. The Morgan fingerprint density at radius 3 is 2.50 bits per heavy atom. The molecule has 64 valence electrons. The first-order valence-corrected chi connectivity index (χ1v) is 3.36. The van der Waals surface area contributed by atoms with Crippen molar-refractivity contribution < 1.29 is 13.6 Å². The van der Waals surface area contributed by atoms with Crippen LogP contribution in [0.1, 0.15) is 21.7 Å². The van der Waals surface area contributed by atoms with Crippen molar-refractivity contribution in [3.63, 3.8) is 0 Å². The molecule has 0 atom stereocenters. The van der Waals surface area contributed by atoms with Crippen molar-refractivity contribution in [3.05, 3.63) is 28.8 Å². The fourth-order valence-corrected chi connectivity index (χ4v) is 0.917. The van der Waals surface area contributed by atoms with Crippen LogP contribution in [0.4, 0.5) is 8.78 Å². The van der Waals surface area contributed by atoms with Crippen LogP contribution < -0.4 is 0 Å². The van der Waals surface area contributed by atoms with Gasteiger partial charge >= 0.3 is 6.04 Å². The van der Waals surface area contributed by atoms with Crippen LogP contribution in [0.5, 0.6) is 0 Å². The van der Waals surface area contributed by atoms with Gasteiger partial charge in [0, 0.05) is 0 Å². The Hall–Kier alpha value is -1.32. The van der Waals surface area contributed by atoms with E-state index in [0.29, 0.717) is 0 Å². The second-order valence-corrected chi connectivity index (χ2v) is 2.50. The van der Waals surface area contributed by atoms with Gasteiger partial charge in [0.25, 0.3) is 0 Å². The normalized spacial score (nSPS) is 10.0. The predicted octanol–water partition coefficient (Wildman–Crippen LogP) is 1.95. The fraction of sp³-hybridized carbons (Fsp3) is 0.250. The van der Waals surface area contributed by atoms with Crippen molar-refractivity contribution in [2.24, 2.45) is 0 Å². The third-order valence-electron chi connectivity index (χ3n) is 1.51. The van der Waals surface area contributed by atoms with Gasteiger partial charge in [-0.2, -0.15) is 4.39 Å². The number of aromatic nitrogens is 1. The minimum atomic E-state index is -1.64. The lowest BCUT2D eigenvalue weighted by Crippen LogP contribution is -2.01. The third kappa shape index (κ3) is 1.47. The zero-order valence-corrected chi connectivity index (χ0v) is 6.69. The van der Waals surface area contributed by atoms with Gasteiger partial charge in [-0.25, -0.2) is 9.37 Å². The largest absolute Gasteiger partial charge is 0.350 e. The van der Waals surface area contributed by atoms with Crippen LogP contribution in [0.25, 0.3) is 0 Å². The van der Waals surface area contributed by atoms with Crippen molar-refractivity contribution in [2.75, 3.05) is 0 Å². The molecule has 0 N–H and O–H groups in total. The number of rotatable bonds is 1. The molecule has 0 saturated heterocycles. The molecule has 4 heteroatoms. The van der Waals surface area contributed by atoms with Crippen LogP contribution in [-0.4, -0.2) is 11.0 Å². The summed E-state index contributed by atoms with van der Waals surface area (Å²) in [6.07, 6.45) is 0. The summed E-state index contributed by atoms with van der Waals surface area (Å²) in [6, 6.07) is -0.550. The van der Waals surface area contributed by atoms with Gasteiger partial charge in [0.15, 0.2) is 0 Å². The maximum absolute atomic E-state index is 12.9. The number of pyridine rings is 1. The van der Waals surface area contributed by atoms with E-state index in [1.807, 2.05) is 0 Å². The van der Waals surface area contributed by atoms with Gasteiger partial charge < -0.3 is 0 Å². The first-order valence-electron chi connectivity index (χ1n) is 3.36. The molecule has 12 heavy (non-hydrogen) atoms. The average molecular weight is 171 g/mol. The minimum Gasteiger partial charge on any atom is -0.254 e. The second-order valence-electron chi connectivity index (χ2n) is 2.50. The Balaban J connectivity index is 3.31. The molecule has 0 radical (unpaired) electrons. The highest BCUT2D eigenvalue weighted by molar-refractivity contribution is 5.86. The van der Waals surface area contributed by atoms with Crippen molar-refractivity contribution in [2.45, 2.75) is 13.8 Å². The summed E-state index contributed by atoms with van der Waals surface area (Å²) < 4.78 is 25.0. The van der Waals surface area contributed by atoms with Crippen LogP contribution in [-0.2, 0) is 0 Å². The highest BCUT2D eigenvalue weighted by atomic mass is 19.1. The number of aryl methyl sites for hydroxylation is 2. The van der Waals surface area contributed by atoms with E-state index in [1.54, 1.807) is 0 Å². The highest BCUT2D eigenvalue weighted by Crippen LogP contribution is 2.11. The van der Waals surface area contributed by atoms with Crippen LogP contribution in [0.15, 0.2) is 6.07 Å². The molecule has 0 unspecified atom stereocenters. The molecule has 0 fully saturated rings. The number of carbonyl (C=O) groups is 1. The predicted molar refractivity (Wildman–Crippen MR) is 39.1 cm³/mol. The summed E-state index contributed by atoms with van der Waals surface area (Å²) >= 11 is 0. The van der Waals surface area contributed by atoms with Crippen LogP contribution >= 0.6 is 0 Å². The molecule has 0 saturated carbocycles. The molecule has 1 rings (SSSR count). The lowest BCUT2D eigenvalue weighted by atomic mass is 10.2. The molecule has 1 heterocycles. The van der Waals surface area contributed by atoms with E-state index in [9.17, 15) is 13.6 Å². The van der Waals surface area contributed by atoms with E-state index in [1.165, 1.54) is 13.8 Å². The Labute approximate surface area is 68.2 Å². The van der Waals surface area contributed by atoms with E-state index in [-0.39, 0.29) is 17.0 Å². The van der Waals surface area contributed by atoms with E-state index in [0.717, 1.165) is 6.07 Å². The maximum Gasteiger partial charge on any atom is 0.350 e. The van der Waals surface area contributed by atoms with Gasteiger partial charge in [0.1, 0.15) is 11.5 Å². The van der Waals surface area contributed by atoms with Crippen molar-refractivity contribution in [3.8, 4) is 0 Å². The van der Waals surface area contributed by atoms with Gasteiger partial charge in [-0.1, -0.05) is 0 Å². The summed E-state index contributed by atoms with van der Waals surface area (Å²) in [4.78, 5) is 13.6. The summed E-state index contributed by atoms with van der Waals surface area (Å²) in [5.74, 6) is -0.500. The van der Waals surface area contributed by atoms with Gasteiger partial charge in [-0.15, -0.1) is 0 Å². The fourth-order valence-electron chi connectivity index (χ4n) is 0.917. The Morgan fingerprint density at radius 2 is 2.08 bits per heavy atom. The molecule has 2 nitrogen and oxygen atoms in total. The summed E-state index contributed by atoms with van der Waals surface area (Å²) in [6.45, 7) is 2.84. The van der Waals surface area contributed by atoms with Gasteiger partial charge in [-0.3, -0.25) is 4.79 Å². The van der Waals surface area contributed by atoms with Crippen LogP contribution in [0, 0.1) is 19.7 Å². The molecule has 0 aliphatic carbocycles. The van der Waals surface area contributed by atoms with E-state index < -0.39 is 11.9 Å². The van der Waals surface area contributed by atoms with Crippen molar-refractivity contribution >= 4 is 6.04 Å². The molecule has 0 amide bonds. The Bertz CT molecular complexity index is 313. The van der Waals surface area contributed by atoms with Gasteiger partial charge in [-0.05, 0) is 25.5 Å². The zero-order valence-electron chi connectivity index (χ0n) is 6.69. The van der Waals surface area contributed by atoms with E-state index in [4.69, 9.17) is 0 Å². The second kappa shape index (κ2) is 2.97. The van der Waals surface area contributed by atoms with E-state index in [2.05, 4.69) is 4.98 Å². The van der Waals surface area contributed by atoms with Crippen molar-refractivity contribution in [1.82, 2.24) is 4.98 Å². The standard InChI is InChI=1S/C8H7F2NO/c1-4-3-6(8(10)12)11-5(2)7(4)9/h3H,1-2H3. The van der Waals surface area contributed by atoms with Gasteiger partial charge in [0.2, 0.25) is 0 Å². The van der Waals surface area contributed by atoms with Gasteiger partial charge in [0.05, 0.1) is 5.69 Å². The minimum absolute atomic E-state index is 0.0380. The molecule has 0 aliphatic heterocycles. The first kappa shape index (κ1) is 8.77. The quantitative estimate of drug-likeness (QED) is 0.604. The Morgan fingerprint density at radius 1 is 1.50 bits per heavy atom. The molecular formula is C8H7F2NO. The zero-order chi connectivity index (χ0) is 9.30. The molecule has 0 spiro atoms. The molecule has 1 aromatic rings.